The third kappa shape index (κ3) is 4.04. The van der Waals surface area contributed by atoms with Crippen molar-refractivity contribution in [3.8, 4) is 11.4 Å². The van der Waals surface area contributed by atoms with Crippen LogP contribution in [0.3, 0.4) is 0 Å². The summed E-state index contributed by atoms with van der Waals surface area (Å²) in [6, 6.07) is 9.46. The molecule has 10 heteroatoms. The molecule has 0 atom stereocenters. The predicted molar refractivity (Wildman–Crippen MR) is 106 cm³/mol. The third-order valence-electron chi connectivity index (χ3n) is 4.35. The Morgan fingerprint density at radius 3 is 2.55 bits per heavy atom. The Hall–Kier alpha value is -2.69. The van der Waals surface area contributed by atoms with E-state index in [1.807, 2.05) is 5.38 Å². The van der Waals surface area contributed by atoms with E-state index in [2.05, 4.69) is 14.8 Å². The van der Waals surface area contributed by atoms with Gasteiger partial charge in [0.25, 0.3) is 0 Å². The maximum Gasteiger partial charge on any atom is 0.240 e. The molecule has 0 bridgehead atoms. The number of rotatable bonds is 6. The summed E-state index contributed by atoms with van der Waals surface area (Å²) in [6.45, 7) is 1.70. The van der Waals surface area contributed by atoms with Gasteiger partial charge >= 0.3 is 0 Å². The number of aryl methyl sites for hydroxylation is 1. The number of fused-ring (bicyclic) bond motifs is 1. The summed E-state index contributed by atoms with van der Waals surface area (Å²) in [5, 5.41) is 6.31. The highest BCUT2D eigenvalue weighted by atomic mass is 32.2. The monoisotopic (exact) mass is 434 g/mol. The number of thiazole rings is 1. The molecule has 1 N–H and O–H groups in total. The van der Waals surface area contributed by atoms with Gasteiger partial charge in [-0.25, -0.2) is 26.4 Å². The van der Waals surface area contributed by atoms with Crippen molar-refractivity contribution < 1.29 is 17.2 Å². The summed E-state index contributed by atoms with van der Waals surface area (Å²) in [6.07, 6.45) is 0.395. The molecule has 150 valence electrons. The molecule has 0 aliphatic carbocycles. The van der Waals surface area contributed by atoms with Crippen molar-refractivity contribution in [2.75, 3.05) is 6.54 Å². The van der Waals surface area contributed by atoms with Gasteiger partial charge in [-0.15, -0.1) is 16.4 Å². The van der Waals surface area contributed by atoms with Gasteiger partial charge in [-0.1, -0.05) is 0 Å². The van der Waals surface area contributed by atoms with Crippen LogP contribution in [0.5, 0.6) is 0 Å². The number of sulfonamides is 1. The summed E-state index contributed by atoms with van der Waals surface area (Å²) in [5.41, 5.74) is 1.83. The minimum atomic E-state index is -3.75. The minimum absolute atomic E-state index is 0.0497. The molecule has 0 saturated heterocycles. The fraction of sp³-hybridized carbons (Fsp3) is 0.158. The molecule has 2 aromatic heterocycles. The Bertz CT molecular complexity index is 1280. The van der Waals surface area contributed by atoms with Crippen LogP contribution in [-0.2, 0) is 16.4 Å². The van der Waals surface area contributed by atoms with Gasteiger partial charge in [0.2, 0.25) is 15.0 Å². The van der Waals surface area contributed by atoms with Crippen LogP contribution in [0, 0.1) is 18.6 Å². The second kappa shape index (κ2) is 7.62. The van der Waals surface area contributed by atoms with Gasteiger partial charge in [-0.3, -0.25) is 0 Å². The number of hydrogen-bond donors (Lipinski definition) is 1. The number of nitrogens with one attached hydrogen (secondary N) is 1. The highest BCUT2D eigenvalue weighted by molar-refractivity contribution is 7.89. The van der Waals surface area contributed by atoms with Gasteiger partial charge in [0, 0.05) is 23.9 Å². The lowest BCUT2D eigenvalue weighted by molar-refractivity contribution is 0.579. The quantitative estimate of drug-likeness (QED) is 0.503. The maximum atomic E-state index is 13.2. The summed E-state index contributed by atoms with van der Waals surface area (Å²) < 4.78 is 55.5. The van der Waals surface area contributed by atoms with Gasteiger partial charge in [-0.05, 0) is 55.0 Å². The van der Waals surface area contributed by atoms with Crippen LogP contribution >= 0.6 is 11.3 Å². The molecule has 4 aromatic rings. The molecule has 0 aliphatic heterocycles. The van der Waals surface area contributed by atoms with E-state index >= 15 is 0 Å². The van der Waals surface area contributed by atoms with E-state index in [0.717, 1.165) is 11.8 Å². The van der Waals surface area contributed by atoms with Crippen LogP contribution < -0.4 is 4.72 Å². The predicted octanol–water partition coefficient (Wildman–Crippen LogP) is 3.57. The van der Waals surface area contributed by atoms with Gasteiger partial charge < -0.3 is 0 Å². The molecule has 29 heavy (non-hydrogen) atoms. The lowest BCUT2D eigenvalue weighted by Crippen LogP contribution is -2.27. The SMILES string of the molecule is Cc1cc(F)ccc1S(=O)(=O)NCCc1csc2nc(-c3ccc(F)cc3)nn12. The van der Waals surface area contributed by atoms with Crippen molar-refractivity contribution in [2.45, 2.75) is 18.2 Å². The number of aromatic nitrogens is 3. The van der Waals surface area contributed by atoms with Gasteiger partial charge in [0.1, 0.15) is 11.6 Å². The molecule has 0 unspecified atom stereocenters. The molecular formula is C19H16F2N4O2S2. The van der Waals surface area contributed by atoms with E-state index < -0.39 is 15.8 Å². The molecule has 0 spiro atoms. The molecule has 0 saturated carbocycles. The van der Waals surface area contributed by atoms with Gasteiger partial charge in [0.15, 0.2) is 5.82 Å². The van der Waals surface area contributed by atoms with Gasteiger partial charge in [-0.2, -0.15) is 4.98 Å². The third-order valence-corrected chi connectivity index (χ3v) is 6.84. The molecule has 4 rings (SSSR count). The topological polar surface area (TPSA) is 76.4 Å². The Balaban J connectivity index is 1.49. The van der Waals surface area contributed by atoms with E-state index in [4.69, 9.17) is 0 Å². The van der Waals surface area contributed by atoms with Crippen molar-refractivity contribution in [3.63, 3.8) is 0 Å². The highest BCUT2D eigenvalue weighted by Crippen LogP contribution is 2.21. The molecular weight excluding hydrogens is 418 g/mol. The lowest BCUT2D eigenvalue weighted by Gasteiger charge is -2.09. The molecule has 0 aliphatic rings. The van der Waals surface area contributed by atoms with E-state index in [1.165, 1.54) is 35.6 Å². The maximum absolute atomic E-state index is 13.2. The van der Waals surface area contributed by atoms with Crippen molar-refractivity contribution in [3.05, 3.63) is 70.7 Å². The summed E-state index contributed by atoms with van der Waals surface area (Å²) in [7, 11) is -3.75. The minimum Gasteiger partial charge on any atom is -0.211 e. The first-order valence-corrected chi connectivity index (χ1v) is 11.0. The van der Waals surface area contributed by atoms with Crippen molar-refractivity contribution in [2.24, 2.45) is 0 Å². The zero-order valence-electron chi connectivity index (χ0n) is 15.3. The Morgan fingerprint density at radius 2 is 1.83 bits per heavy atom. The van der Waals surface area contributed by atoms with E-state index in [1.54, 1.807) is 23.6 Å². The van der Waals surface area contributed by atoms with Gasteiger partial charge in [0.05, 0.1) is 10.6 Å². The Morgan fingerprint density at radius 1 is 1.10 bits per heavy atom. The number of halogens is 2. The van der Waals surface area contributed by atoms with Crippen LogP contribution in [0.15, 0.2) is 52.7 Å². The molecule has 0 fully saturated rings. The fourth-order valence-electron chi connectivity index (χ4n) is 2.92. The number of benzene rings is 2. The zero-order chi connectivity index (χ0) is 20.6. The first-order chi connectivity index (χ1) is 13.8. The smallest absolute Gasteiger partial charge is 0.211 e. The number of hydrogen-bond acceptors (Lipinski definition) is 5. The average Bonchev–Trinajstić information content (AvgIpc) is 3.23. The largest absolute Gasteiger partial charge is 0.240 e. The fourth-order valence-corrected chi connectivity index (χ4v) is 5.04. The molecule has 2 heterocycles. The first-order valence-electron chi connectivity index (χ1n) is 8.68. The molecule has 0 radical (unpaired) electrons. The van der Waals surface area contributed by atoms with Crippen LogP contribution in [0.2, 0.25) is 0 Å². The van der Waals surface area contributed by atoms with Crippen molar-refractivity contribution in [1.82, 2.24) is 19.3 Å². The standard InChI is InChI=1S/C19H16F2N4O2S2/c1-12-10-15(21)6-7-17(12)29(26,27)22-9-8-16-11-28-19-23-18(24-25(16)19)13-2-4-14(20)5-3-13/h2-7,10-11,22H,8-9H2,1H3. The number of nitrogens with zero attached hydrogens (tertiary/aromatic N) is 3. The average molecular weight is 434 g/mol. The summed E-state index contributed by atoms with van der Waals surface area (Å²) in [5.74, 6) is -0.343. The van der Waals surface area contributed by atoms with E-state index in [9.17, 15) is 17.2 Å². The van der Waals surface area contributed by atoms with Crippen LogP contribution in [0.1, 0.15) is 11.3 Å². The summed E-state index contributed by atoms with van der Waals surface area (Å²) >= 11 is 1.39. The second-order valence-corrected chi connectivity index (χ2v) is 8.99. The highest BCUT2D eigenvalue weighted by Gasteiger charge is 2.17. The Kier molecular flexibility index (Phi) is 5.15. The Labute approximate surface area is 169 Å². The normalized spacial score (nSPS) is 12.0. The second-order valence-electron chi connectivity index (χ2n) is 6.42. The molecule has 6 nitrogen and oxygen atoms in total. The zero-order valence-corrected chi connectivity index (χ0v) is 16.9. The van der Waals surface area contributed by atoms with Crippen LogP contribution in [-0.4, -0.2) is 29.6 Å². The molecule has 0 amide bonds. The molecule has 2 aromatic carbocycles. The first kappa shape index (κ1) is 19.6. The van der Waals surface area contributed by atoms with Crippen molar-refractivity contribution in [1.29, 1.82) is 0 Å². The van der Waals surface area contributed by atoms with Crippen LogP contribution in [0.25, 0.3) is 16.3 Å². The van der Waals surface area contributed by atoms with Crippen LogP contribution in [0.4, 0.5) is 8.78 Å². The lowest BCUT2D eigenvalue weighted by atomic mass is 10.2. The van der Waals surface area contributed by atoms with E-state index in [-0.39, 0.29) is 17.3 Å². The van der Waals surface area contributed by atoms with Crippen molar-refractivity contribution >= 4 is 26.3 Å². The van der Waals surface area contributed by atoms with E-state index in [0.29, 0.717) is 28.3 Å². The summed E-state index contributed by atoms with van der Waals surface area (Å²) in [4.78, 5) is 5.14.